The van der Waals surface area contributed by atoms with Gasteiger partial charge in [0.2, 0.25) is 11.8 Å². The van der Waals surface area contributed by atoms with Crippen molar-refractivity contribution in [1.82, 2.24) is 15.1 Å². The lowest BCUT2D eigenvalue weighted by Gasteiger charge is -2.41. The first-order valence-electron chi connectivity index (χ1n) is 14.0. The number of benzene rings is 2. The van der Waals surface area contributed by atoms with Crippen LogP contribution in [-0.2, 0) is 28.9 Å². The Balaban J connectivity index is 1.33. The average Bonchev–Trinajstić information content (AvgIpc) is 2.93. The van der Waals surface area contributed by atoms with Gasteiger partial charge in [0.1, 0.15) is 0 Å². The summed E-state index contributed by atoms with van der Waals surface area (Å²) in [4.78, 5) is 31.0. The Kier molecular flexibility index (Phi) is 9.57. The Hall–Kier alpha value is -2.66. The van der Waals surface area contributed by atoms with Gasteiger partial charge in [-0.05, 0) is 74.7 Å². The summed E-state index contributed by atoms with van der Waals surface area (Å²) in [5.74, 6) is 0.377. The highest BCUT2D eigenvalue weighted by atomic mass is 16.2. The van der Waals surface area contributed by atoms with E-state index in [0.717, 1.165) is 38.9 Å². The van der Waals surface area contributed by atoms with Crippen LogP contribution in [0.5, 0.6) is 0 Å². The van der Waals surface area contributed by atoms with Crippen LogP contribution < -0.4 is 5.32 Å². The SMILES string of the molecule is CCc1ccc(CCNC(=O)C2(Cc3ccccc3)CCN(C(=O)CCN3CCCCC3)CC2)cc1. The molecule has 2 amide bonds. The number of nitrogens with one attached hydrogen (secondary N) is 1. The summed E-state index contributed by atoms with van der Waals surface area (Å²) in [5, 5.41) is 3.25. The van der Waals surface area contributed by atoms with Gasteiger partial charge in [-0.25, -0.2) is 0 Å². The standard InChI is InChI=1S/C31H43N3O2/c1-2-26-11-13-27(14-12-26)15-19-32-30(36)31(25-28-9-5-3-6-10-28)17-23-34(24-18-31)29(35)16-22-33-20-7-4-8-21-33/h3,5-6,9-14H,2,4,7-8,15-25H2,1H3,(H,32,36). The molecule has 2 heterocycles. The normalized spacial score (nSPS) is 18.1. The van der Waals surface area contributed by atoms with Gasteiger partial charge in [-0.1, -0.05) is 67.9 Å². The zero-order valence-corrected chi connectivity index (χ0v) is 22.0. The summed E-state index contributed by atoms with van der Waals surface area (Å²) in [6.45, 7) is 7.24. The third kappa shape index (κ3) is 7.19. The van der Waals surface area contributed by atoms with Crippen molar-refractivity contribution < 1.29 is 9.59 Å². The molecule has 2 aromatic carbocycles. The first-order chi connectivity index (χ1) is 17.6. The van der Waals surface area contributed by atoms with Crippen LogP contribution in [0, 0.1) is 5.41 Å². The summed E-state index contributed by atoms with van der Waals surface area (Å²) < 4.78 is 0. The number of amides is 2. The second-order valence-corrected chi connectivity index (χ2v) is 10.7. The number of carbonyl (C=O) groups is 2. The molecule has 5 heteroatoms. The van der Waals surface area contributed by atoms with Crippen molar-refractivity contribution in [2.24, 2.45) is 5.41 Å². The third-order valence-corrected chi connectivity index (χ3v) is 8.16. The minimum Gasteiger partial charge on any atom is -0.355 e. The lowest BCUT2D eigenvalue weighted by Crippen LogP contribution is -2.51. The van der Waals surface area contributed by atoms with Crippen LogP contribution >= 0.6 is 0 Å². The Morgan fingerprint density at radius 2 is 1.50 bits per heavy atom. The molecule has 2 aliphatic heterocycles. The zero-order chi connectivity index (χ0) is 25.2. The van der Waals surface area contributed by atoms with Crippen molar-refractivity contribution in [3.8, 4) is 0 Å². The van der Waals surface area contributed by atoms with Gasteiger partial charge in [-0.3, -0.25) is 9.59 Å². The minimum absolute atomic E-state index is 0.136. The topological polar surface area (TPSA) is 52.7 Å². The van der Waals surface area contributed by atoms with Crippen LogP contribution in [0.15, 0.2) is 54.6 Å². The van der Waals surface area contributed by atoms with E-state index in [4.69, 9.17) is 0 Å². The van der Waals surface area contributed by atoms with Gasteiger partial charge < -0.3 is 15.1 Å². The van der Waals surface area contributed by atoms with Gasteiger partial charge in [0.15, 0.2) is 0 Å². The number of hydrogen-bond donors (Lipinski definition) is 1. The molecule has 5 nitrogen and oxygen atoms in total. The zero-order valence-electron chi connectivity index (χ0n) is 22.0. The lowest BCUT2D eigenvalue weighted by atomic mass is 9.73. The van der Waals surface area contributed by atoms with E-state index in [9.17, 15) is 9.59 Å². The third-order valence-electron chi connectivity index (χ3n) is 8.16. The van der Waals surface area contributed by atoms with E-state index in [2.05, 4.69) is 53.5 Å². The van der Waals surface area contributed by atoms with Crippen LogP contribution in [-0.4, -0.2) is 60.9 Å². The quantitative estimate of drug-likeness (QED) is 0.529. The average molecular weight is 490 g/mol. The molecule has 2 saturated heterocycles. The van der Waals surface area contributed by atoms with E-state index in [1.54, 1.807) is 0 Å². The Labute approximate surface area is 217 Å². The second kappa shape index (κ2) is 13.0. The molecule has 0 unspecified atom stereocenters. The fourth-order valence-corrected chi connectivity index (χ4v) is 5.70. The first kappa shape index (κ1) is 26.4. The molecular weight excluding hydrogens is 446 g/mol. The van der Waals surface area contributed by atoms with E-state index < -0.39 is 5.41 Å². The summed E-state index contributed by atoms with van der Waals surface area (Å²) in [5.41, 5.74) is 3.31. The van der Waals surface area contributed by atoms with E-state index in [-0.39, 0.29) is 11.8 Å². The van der Waals surface area contributed by atoms with Crippen molar-refractivity contribution in [3.05, 3.63) is 71.3 Å². The summed E-state index contributed by atoms with van der Waals surface area (Å²) in [6, 6.07) is 19.0. The highest BCUT2D eigenvalue weighted by Crippen LogP contribution is 2.36. The minimum atomic E-state index is -0.461. The van der Waals surface area contributed by atoms with Crippen LogP contribution in [0.3, 0.4) is 0 Å². The molecule has 0 atom stereocenters. The maximum absolute atomic E-state index is 13.6. The highest BCUT2D eigenvalue weighted by molar-refractivity contribution is 5.84. The van der Waals surface area contributed by atoms with Crippen molar-refractivity contribution in [2.75, 3.05) is 39.3 Å². The fraction of sp³-hybridized carbons (Fsp3) is 0.548. The molecule has 4 rings (SSSR count). The molecule has 1 N–H and O–H groups in total. The number of aryl methyl sites for hydroxylation is 1. The lowest BCUT2D eigenvalue weighted by molar-refractivity contribution is -0.140. The molecule has 0 aliphatic carbocycles. The maximum Gasteiger partial charge on any atom is 0.226 e. The number of rotatable bonds is 10. The van der Waals surface area contributed by atoms with Gasteiger partial charge in [-0.15, -0.1) is 0 Å². The van der Waals surface area contributed by atoms with Gasteiger partial charge in [-0.2, -0.15) is 0 Å². The Morgan fingerprint density at radius 3 is 2.17 bits per heavy atom. The molecule has 0 bridgehead atoms. The Morgan fingerprint density at radius 1 is 0.833 bits per heavy atom. The molecule has 36 heavy (non-hydrogen) atoms. The molecular formula is C31H43N3O2. The van der Waals surface area contributed by atoms with Gasteiger partial charge in [0.25, 0.3) is 0 Å². The summed E-state index contributed by atoms with van der Waals surface area (Å²) in [7, 11) is 0. The fourth-order valence-electron chi connectivity index (χ4n) is 5.70. The van der Waals surface area contributed by atoms with E-state index in [1.165, 1.54) is 36.0 Å². The van der Waals surface area contributed by atoms with Crippen LogP contribution in [0.4, 0.5) is 0 Å². The molecule has 0 radical (unpaired) electrons. The molecule has 2 aromatic rings. The van der Waals surface area contributed by atoms with Gasteiger partial charge >= 0.3 is 0 Å². The van der Waals surface area contributed by atoms with Crippen LogP contribution in [0.2, 0.25) is 0 Å². The molecule has 194 valence electrons. The summed E-state index contributed by atoms with van der Waals surface area (Å²) >= 11 is 0. The molecule has 2 fully saturated rings. The molecule has 0 saturated carbocycles. The number of carbonyl (C=O) groups excluding carboxylic acids is 2. The monoisotopic (exact) mass is 489 g/mol. The highest BCUT2D eigenvalue weighted by Gasteiger charge is 2.42. The van der Waals surface area contributed by atoms with Crippen molar-refractivity contribution >= 4 is 11.8 Å². The smallest absolute Gasteiger partial charge is 0.226 e. The largest absolute Gasteiger partial charge is 0.355 e. The van der Waals surface area contributed by atoms with Crippen LogP contribution in [0.25, 0.3) is 0 Å². The van der Waals surface area contributed by atoms with E-state index >= 15 is 0 Å². The van der Waals surface area contributed by atoms with Crippen molar-refractivity contribution in [3.63, 3.8) is 0 Å². The molecule has 0 spiro atoms. The molecule has 2 aliphatic rings. The predicted octanol–water partition coefficient (Wildman–Crippen LogP) is 4.64. The number of nitrogens with zero attached hydrogens (tertiary/aromatic N) is 2. The van der Waals surface area contributed by atoms with Crippen LogP contribution in [0.1, 0.15) is 62.1 Å². The Bertz CT molecular complexity index is 959. The van der Waals surface area contributed by atoms with Gasteiger partial charge in [0.05, 0.1) is 5.41 Å². The number of hydrogen-bond acceptors (Lipinski definition) is 3. The maximum atomic E-state index is 13.6. The first-order valence-corrected chi connectivity index (χ1v) is 14.0. The summed E-state index contributed by atoms with van der Waals surface area (Å²) in [6.07, 6.45) is 8.43. The van der Waals surface area contributed by atoms with Crippen molar-refractivity contribution in [1.29, 1.82) is 0 Å². The van der Waals surface area contributed by atoms with Crippen molar-refractivity contribution in [2.45, 2.75) is 64.7 Å². The number of piperidine rings is 2. The van der Waals surface area contributed by atoms with E-state index in [0.29, 0.717) is 38.9 Å². The second-order valence-electron chi connectivity index (χ2n) is 10.7. The predicted molar refractivity (Wildman–Crippen MR) is 146 cm³/mol. The number of likely N-dealkylation sites (tertiary alicyclic amines) is 2. The van der Waals surface area contributed by atoms with Gasteiger partial charge in [0, 0.05) is 32.6 Å². The van der Waals surface area contributed by atoms with E-state index in [1.807, 2.05) is 23.1 Å². The molecule has 0 aromatic heterocycles.